The summed E-state index contributed by atoms with van der Waals surface area (Å²) in [5.41, 5.74) is 0.286. The van der Waals surface area contributed by atoms with Crippen LogP contribution >= 0.6 is 7.60 Å². The van der Waals surface area contributed by atoms with Crippen LogP contribution in [0.2, 0.25) is 0 Å². The molecule has 1 saturated heterocycles. The molecule has 0 aromatic heterocycles. The molecule has 132 valence electrons. The van der Waals surface area contributed by atoms with Gasteiger partial charge in [-0.3, -0.25) is 9.46 Å². The van der Waals surface area contributed by atoms with Gasteiger partial charge in [0, 0.05) is 31.4 Å². The average Bonchev–Trinajstić information content (AvgIpc) is 2.56. The maximum Gasteiger partial charge on any atom is 0.369 e. The number of rotatable bonds is 8. The zero-order valence-electron chi connectivity index (χ0n) is 13.7. The molecule has 0 aromatic carbocycles. The molecule has 2 aliphatic heterocycles. The quantitative estimate of drug-likeness (QED) is 0.679. The third kappa shape index (κ3) is 5.13. The van der Waals surface area contributed by atoms with E-state index in [1.54, 1.807) is 26.1 Å². The van der Waals surface area contributed by atoms with Gasteiger partial charge >= 0.3 is 7.60 Å². The van der Waals surface area contributed by atoms with Crippen LogP contribution in [-0.4, -0.2) is 62.9 Å². The topological polar surface area (TPSA) is 60.0 Å². The summed E-state index contributed by atoms with van der Waals surface area (Å²) >= 11 is 0. The largest absolute Gasteiger partial charge is 0.383 e. The molecule has 1 N–H and O–H groups in total. The Balaban J connectivity index is 1.92. The number of morpholine rings is 1. The Morgan fingerprint density at radius 1 is 1.39 bits per heavy atom. The zero-order chi connectivity index (χ0) is 16.7. The van der Waals surface area contributed by atoms with E-state index in [1.165, 1.54) is 0 Å². The highest BCUT2D eigenvalue weighted by atomic mass is 31.2. The van der Waals surface area contributed by atoms with E-state index in [0.717, 1.165) is 32.8 Å². The van der Waals surface area contributed by atoms with E-state index < -0.39 is 13.5 Å². The van der Waals surface area contributed by atoms with Gasteiger partial charge in [-0.25, -0.2) is 4.39 Å². The highest BCUT2D eigenvalue weighted by molar-refractivity contribution is 7.54. The molecule has 2 rings (SSSR count). The van der Waals surface area contributed by atoms with Crippen molar-refractivity contribution < 1.29 is 22.7 Å². The van der Waals surface area contributed by atoms with E-state index in [0.29, 0.717) is 0 Å². The van der Waals surface area contributed by atoms with Gasteiger partial charge in [0.15, 0.2) is 0 Å². The Hall–Kier alpha value is -0.720. The number of allylic oxidation sites excluding steroid dienone is 2. The normalized spacial score (nSPS) is 24.1. The second kappa shape index (κ2) is 8.94. The molecule has 0 spiro atoms. The van der Waals surface area contributed by atoms with E-state index in [4.69, 9.17) is 13.8 Å². The first-order chi connectivity index (χ1) is 11.1. The first kappa shape index (κ1) is 18.6. The van der Waals surface area contributed by atoms with E-state index in [9.17, 15) is 8.96 Å². The SMILES string of the molecule is CCOP(=O)(OCC)C(F)C1=CNC(CN2CCOCC2)C=C1. The van der Waals surface area contributed by atoms with Crippen LogP contribution in [0.1, 0.15) is 13.8 Å². The number of nitrogens with zero attached hydrogens (tertiary/aromatic N) is 1. The minimum absolute atomic E-state index is 0.0997. The van der Waals surface area contributed by atoms with Crippen LogP contribution in [0.15, 0.2) is 23.9 Å². The lowest BCUT2D eigenvalue weighted by Crippen LogP contribution is -2.44. The molecule has 1 fully saturated rings. The van der Waals surface area contributed by atoms with Crippen molar-refractivity contribution in [2.24, 2.45) is 0 Å². The van der Waals surface area contributed by atoms with Crippen molar-refractivity contribution in [1.82, 2.24) is 10.2 Å². The maximum absolute atomic E-state index is 14.6. The van der Waals surface area contributed by atoms with Crippen LogP contribution < -0.4 is 5.32 Å². The predicted molar refractivity (Wildman–Crippen MR) is 87.2 cm³/mol. The first-order valence-corrected chi connectivity index (χ1v) is 9.67. The summed E-state index contributed by atoms with van der Waals surface area (Å²) in [4.78, 5) is 2.29. The average molecular weight is 348 g/mol. The lowest BCUT2D eigenvalue weighted by Gasteiger charge is -2.31. The van der Waals surface area contributed by atoms with Gasteiger partial charge in [-0.2, -0.15) is 0 Å². The van der Waals surface area contributed by atoms with Gasteiger partial charge in [-0.15, -0.1) is 0 Å². The zero-order valence-corrected chi connectivity index (χ0v) is 14.6. The molecule has 0 aliphatic carbocycles. The van der Waals surface area contributed by atoms with Gasteiger partial charge in [0.2, 0.25) is 5.91 Å². The van der Waals surface area contributed by atoms with Crippen LogP contribution in [0, 0.1) is 0 Å². The molecule has 0 saturated carbocycles. The third-order valence-corrected chi connectivity index (χ3v) is 5.80. The Morgan fingerprint density at radius 2 is 2.04 bits per heavy atom. The number of dihydropyridines is 1. The van der Waals surface area contributed by atoms with Crippen molar-refractivity contribution in [3.63, 3.8) is 0 Å². The number of nitrogens with one attached hydrogen (secondary N) is 1. The fourth-order valence-corrected chi connectivity index (χ4v) is 4.15. The molecule has 23 heavy (non-hydrogen) atoms. The number of halogens is 1. The third-order valence-electron chi connectivity index (χ3n) is 3.71. The summed E-state index contributed by atoms with van der Waals surface area (Å²) in [6.45, 7) is 7.74. The van der Waals surface area contributed by atoms with Crippen LogP contribution in [0.5, 0.6) is 0 Å². The molecule has 2 unspecified atom stereocenters. The lowest BCUT2D eigenvalue weighted by atomic mass is 10.1. The summed E-state index contributed by atoms with van der Waals surface area (Å²) in [7, 11) is -3.79. The van der Waals surface area contributed by atoms with Gasteiger partial charge < -0.3 is 19.1 Å². The van der Waals surface area contributed by atoms with Gasteiger partial charge in [0.25, 0.3) is 0 Å². The Kier molecular flexibility index (Phi) is 7.24. The molecule has 2 atom stereocenters. The van der Waals surface area contributed by atoms with Crippen molar-refractivity contribution in [2.45, 2.75) is 25.8 Å². The predicted octanol–water partition coefficient (Wildman–Crippen LogP) is 2.29. The van der Waals surface area contributed by atoms with Crippen LogP contribution in [-0.2, 0) is 18.3 Å². The molecule has 0 aromatic rings. The Labute approximate surface area is 137 Å². The minimum Gasteiger partial charge on any atom is -0.383 e. The van der Waals surface area contributed by atoms with Crippen molar-refractivity contribution in [2.75, 3.05) is 46.1 Å². The molecule has 0 amide bonds. The highest BCUT2D eigenvalue weighted by Crippen LogP contribution is 2.56. The van der Waals surface area contributed by atoms with Gasteiger partial charge in [-0.1, -0.05) is 12.2 Å². The van der Waals surface area contributed by atoms with Crippen LogP contribution in [0.4, 0.5) is 4.39 Å². The number of hydrogen-bond acceptors (Lipinski definition) is 6. The monoisotopic (exact) mass is 348 g/mol. The fraction of sp³-hybridized carbons (Fsp3) is 0.733. The summed E-state index contributed by atoms with van der Waals surface area (Å²) < 4.78 is 42.5. The van der Waals surface area contributed by atoms with Gasteiger partial charge in [0.05, 0.1) is 32.5 Å². The van der Waals surface area contributed by atoms with Crippen molar-refractivity contribution in [1.29, 1.82) is 0 Å². The molecular weight excluding hydrogens is 322 g/mol. The first-order valence-electron chi connectivity index (χ1n) is 8.06. The molecular formula is C15H26FN2O4P. The van der Waals surface area contributed by atoms with Crippen molar-refractivity contribution in [3.05, 3.63) is 23.9 Å². The summed E-state index contributed by atoms with van der Waals surface area (Å²) in [6.07, 6.45) is 5.12. The van der Waals surface area contributed by atoms with Crippen molar-refractivity contribution in [3.8, 4) is 0 Å². The van der Waals surface area contributed by atoms with Crippen molar-refractivity contribution >= 4 is 7.60 Å². The molecule has 0 bridgehead atoms. The fourth-order valence-electron chi connectivity index (χ4n) is 2.57. The second-order valence-corrected chi connectivity index (χ2v) is 7.45. The smallest absolute Gasteiger partial charge is 0.369 e. The molecule has 0 radical (unpaired) electrons. The molecule has 2 aliphatic rings. The number of alkyl halides is 1. The summed E-state index contributed by atoms with van der Waals surface area (Å²) in [6, 6.07) is 0.0997. The van der Waals surface area contributed by atoms with E-state index in [1.807, 2.05) is 6.08 Å². The maximum atomic E-state index is 14.6. The number of ether oxygens (including phenoxy) is 1. The summed E-state index contributed by atoms with van der Waals surface area (Å²) in [5, 5.41) is 3.15. The van der Waals surface area contributed by atoms with E-state index in [-0.39, 0.29) is 24.8 Å². The molecule has 8 heteroatoms. The van der Waals surface area contributed by atoms with E-state index >= 15 is 0 Å². The van der Waals surface area contributed by atoms with Gasteiger partial charge in [-0.05, 0) is 13.8 Å². The Morgan fingerprint density at radius 3 is 2.57 bits per heavy atom. The van der Waals surface area contributed by atoms with Gasteiger partial charge in [0.1, 0.15) is 0 Å². The number of hydrogen-bond donors (Lipinski definition) is 1. The molecule has 6 nitrogen and oxygen atoms in total. The summed E-state index contributed by atoms with van der Waals surface area (Å²) in [5.74, 6) is -1.78. The lowest BCUT2D eigenvalue weighted by molar-refractivity contribution is 0.0360. The highest BCUT2D eigenvalue weighted by Gasteiger charge is 2.38. The van der Waals surface area contributed by atoms with Crippen LogP contribution in [0.25, 0.3) is 0 Å². The minimum atomic E-state index is -3.79. The van der Waals surface area contributed by atoms with E-state index in [2.05, 4.69) is 10.2 Å². The van der Waals surface area contributed by atoms with Crippen LogP contribution in [0.3, 0.4) is 0 Å². The Bertz CT molecular complexity index is 470. The second-order valence-electron chi connectivity index (χ2n) is 5.40. The molecule has 2 heterocycles. The standard InChI is InChI=1S/C15H26FN2O4P/c1-3-21-23(19,22-4-2)15(16)13-5-6-14(17-11-13)12-18-7-9-20-10-8-18/h5-6,11,14-15,17H,3-4,7-10,12H2,1-2H3.